The Labute approximate surface area is 122 Å². The first kappa shape index (κ1) is 15.2. The van der Waals surface area contributed by atoms with Crippen molar-refractivity contribution in [2.75, 3.05) is 13.1 Å². The molecular formula is C14H19N3O4. The lowest BCUT2D eigenvalue weighted by Crippen LogP contribution is -2.36. The molecule has 0 bridgehead atoms. The molecule has 0 aromatic carbocycles. The Bertz CT molecular complexity index is 625. The maximum Gasteiger partial charge on any atom is 0.311 e. The van der Waals surface area contributed by atoms with Crippen LogP contribution in [0.4, 0.5) is 0 Å². The Kier molecular flexibility index (Phi) is 4.11. The first-order chi connectivity index (χ1) is 9.87. The fourth-order valence-electron chi connectivity index (χ4n) is 2.41. The van der Waals surface area contributed by atoms with E-state index in [1.54, 1.807) is 6.92 Å². The number of carbonyl (C=O) groups excluding carboxylic acids is 1. The number of likely N-dealkylation sites (tertiary alicyclic amines) is 1. The van der Waals surface area contributed by atoms with Gasteiger partial charge in [0.15, 0.2) is 0 Å². The highest BCUT2D eigenvalue weighted by Crippen LogP contribution is 2.30. The highest BCUT2D eigenvalue weighted by molar-refractivity contribution is 5.93. The highest BCUT2D eigenvalue weighted by Gasteiger charge is 2.42. The second kappa shape index (κ2) is 5.67. The van der Waals surface area contributed by atoms with E-state index in [9.17, 15) is 19.5 Å². The van der Waals surface area contributed by atoms with Crippen LogP contribution in [0.1, 0.15) is 37.2 Å². The van der Waals surface area contributed by atoms with Gasteiger partial charge in [-0.15, -0.1) is 0 Å². The quantitative estimate of drug-likeness (QED) is 0.877. The molecule has 0 aliphatic carbocycles. The fraction of sp³-hybridized carbons (Fsp3) is 0.571. The highest BCUT2D eigenvalue weighted by atomic mass is 16.4. The van der Waals surface area contributed by atoms with Crippen LogP contribution in [0, 0.1) is 5.41 Å². The Morgan fingerprint density at radius 3 is 2.71 bits per heavy atom. The monoisotopic (exact) mass is 293 g/mol. The lowest BCUT2D eigenvalue weighted by molar-refractivity contribution is -0.147. The Hall–Kier alpha value is -2.18. The number of carboxylic acids is 1. The van der Waals surface area contributed by atoms with Gasteiger partial charge in [0.2, 0.25) is 0 Å². The van der Waals surface area contributed by atoms with E-state index in [0.717, 1.165) is 6.42 Å². The third-order valence-electron chi connectivity index (χ3n) is 3.80. The molecule has 2 rings (SSSR count). The van der Waals surface area contributed by atoms with Crippen molar-refractivity contribution in [3.63, 3.8) is 0 Å². The van der Waals surface area contributed by atoms with Crippen molar-refractivity contribution in [2.45, 2.75) is 33.2 Å². The molecule has 0 radical (unpaired) electrons. The summed E-state index contributed by atoms with van der Waals surface area (Å²) in [5.74, 6) is -1.23. The van der Waals surface area contributed by atoms with E-state index in [1.165, 1.54) is 21.7 Å². The van der Waals surface area contributed by atoms with Crippen molar-refractivity contribution in [2.24, 2.45) is 5.41 Å². The van der Waals surface area contributed by atoms with Gasteiger partial charge in [-0.3, -0.25) is 14.4 Å². The van der Waals surface area contributed by atoms with Gasteiger partial charge in [-0.2, -0.15) is 5.10 Å². The number of amides is 1. The SMILES string of the molecule is CCCn1nc(C(=O)N2CCC(C)(C(=O)O)C2)ccc1=O. The van der Waals surface area contributed by atoms with Gasteiger partial charge in [0.05, 0.1) is 5.41 Å². The molecular weight excluding hydrogens is 274 g/mol. The number of aliphatic carboxylic acids is 1. The van der Waals surface area contributed by atoms with Crippen LogP contribution in [0.3, 0.4) is 0 Å². The number of hydrogen-bond acceptors (Lipinski definition) is 4. The molecule has 0 spiro atoms. The number of carbonyl (C=O) groups is 2. The first-order valence-corrected chi connectivity index (χ1v) is 6.98. The van der Waals surface area contributed by atoms with Crippen LogP contribution in [0.15, 0.2) is 16.9 Å². The number of nitrogens with zero attached hydrogens (tertiary/aromatic N) is 3. The summed E-state index contributed by atoms with van der Waals surface area (Å²) in [6.07, 6.45) is 1.16. The van der Waals surface area contributed by atoms with Crippen molar-refractivity contribution in [3.8, 4) is 0 Å². The predicted octanol–water partition coefficient (Wildman–Crippen LogP) is 0.590. The zero-order valence-electron chi connectivity index (χ0n) is 12.2. The van der Waals surface area contributed by atoms with Crippen molar-refractivity contribution in [1.82, 2.24) is 14.7 Å². The number of aromatic nitrogens is 2. The standard InChI is InChI=1S/C14H19N3O4/c1-3-7-17-11(18)5-4-10(15-17)12(19)16-8-6-14(2,9-16)13(20)21/h4-5H,3,6-9H2,1-2H3,(H,20,21). The van der Waals surface area contributed by atoms with Gasteiger partial charge in [0.25, 0.3) is 11.5 Å². The largest absolute Gasteiger partial charge is 0.481 e. The van der Waals surface area contributed by atoms with Crippen LogP contribution in [0.25, 0.3) is 0 Å². The molecule has 1 unspecified atom stereocenters. The molecule has 7 nitrogen and oxygen atoms in total. The minimum Gasteiger partial charge on any atom is -0.481 e. The maximum atomic E-state index is 12.4. The van der Waals surface area contributed by atoms with E-state index in [2.05, 4.69) is 5.10 Å². The summed E-state index contributed by atoms with van der Waals surface area (Å²) in [5.41, 5.74) is -0.976. The average Bonchev–Trinajstić information content (AvgIpc) is 2.85. The maximum absolute atomic E-state index is 12.4. The van der Waals surface area contributed by atoms with Crippen LogP contribution in [0.5, 0.6) is 0 Å². The summed E-state index contributed by atoms with van der Waals surface area (Å²) >= 11 is 0. The van der Waals surface area contributed by atoms with Gasteiger partial charge in [0, 0.05) is 25.7 Å². The third kappa shape index (κ3) is 2.96. The Morgan fingerprint density at radius 2 is 2.14 bits per heavy atom. The molecule has 1 aliphatic rings. The van der Waals surface area contributed by atoms with Crippen molar-refractivity contribution >= 4 is 11.9 Å². The molecule has 1 aliphatic heterocycles. The van der Waals surface area contributed by atoms with Crippen LogP contribution in [0.2, 0.25) is 0 Å². The summed E-state index contributed by atoms with van der Waals surface area (Å²) in [7, 11) is 0. The minimum atomic E-state index is -0.909. The molecule has 1 atom stereocenters. The fourth-order valence-corrected chi connectivity index (χ4v) is 2.41. The van der Waals surface area contributed by atoms with Gasteiger partial charge >= 0.3 is 5.97 Å². The Balaban J connectivity index is 2.20. The summed E-state index contributed by atoms with van der Waals surface area (Å²) in [4.78, 5) is 36.7. The zero-order valence-corrected chi connectivity index (χ0v) is 12.2. The molecule has 1 saturated heterocycles. The second-order valence-electron chi connectivity index (χ2n) is 5.62. The molecule has 1 amide bonds. The molecule has 1 fully saturated rings. The van der Waals surface area contributed by atoms with Gasteiger partial charge in [-0.1, -0.05) is 6.92 Å². The minimum absolute atomic E-state index is 0.162. The van der Waals surface area contributed by atoms with Gasteiger partial charge in [-0.05, 0) is 25.8 Å². The van der Waals surface area contributed by atoms with Crippen molar-refractivity contribution < 1.29 is 14.7 Å². The van der Waals surface area contributed by atoms with Crippen LogP contribution >= 0.6 is 0 Å². The second-order valence-corrected chi connectivity index (χ2v) is 5.62. The number of rotatable bonds is 4. The summed E-state index contributed by atoms with van der Waals surface area (Å²) in [6.45, 7) is 4.55. The van der Waals surface area contributed by atoms with Gasteiger partial charge in [0.1, 0.15) is 5.69 Å². The first-order valence-electron chi connectivity index (χ1n) is 6.98. The van der Waals surface area contributed by atoms with Crippen LogP contribution < -0.4 is 5.56 Å². The smallest absolute Gasteiger partial charge is 0.311 e. The average molecular weight is 293 g/mol. The van der Waals surface area contributed by atoms with E-state index >= 15 is 0 Å². The van der Waals surface area contributed by atoms with Gasteiger partial charge in [-0.25, -0.2) is 4.68 Å². The van der Waals surface area contributed by atoms with Crippen molar-refractivity contribution in [3.05, 3.63) is 28.2 Å². The van der Waals surface area contributed by atoms with Crippen LogP contribution in [-0.2, 0) is 11.3 Å². The van der Waals surface area contributed by atoms with E-state index < -0.39 is 11.4 Å². The molecule has 7 heteroatoms. The van der Waals surface area contributed by atoms with Gasteiger partial charge < -0.3 is 10.0 Å². The molecule has 2 heterocycles. The zero-order chi connectivity index (χ0) is 15.6. The number of aryl methyl sites for hydroxylation is 1. The molecule has 0 saturated carbocycles. The summed E-state index contributed by atoms with van der Waals surface area (Å²) < 4.78 is 1.26. The molecule has 1 aromatic heterocycles. The van der Waals surface area contributed by atoms with E-state index in [1.807, 2.05) is 6.92 Å². The van der Waals surface area contributed by atoms with Crippen LogP contribution in [-0.4, -0.2) is 44.8 Å². The lowest BCUT2D eigenvalue weighted by Gasteiger charge is -2.20. The van der Waals surface area contributed by atoms with E-state index in [-0.39, 0.29) is 23.7 Å². The lowest BCUT2D eigenvalue weighted by atomic mass is 9.90. The van der Waals surface area contributed by atoms with Crippen molar-refractivity contribution in [1.29, 1.82) is 0 Å². The van der Waals surface area contributed by atoms with E-state index in [0.29, 0.717) is 19.5 Å². The predicted molar refractivity (Wildman–Crippen MR) is 75.1 cm³/mol. The normalized spacial score (nSPS) is 21.5. The molecule has 21 heavy (non-hydrogen) atoms. The van der Waals surface area contributed by atoms with E-state index in [4.69, 9.17) is 0 Å². The molecule has 1 aromatic rings. The molecule has 1 N–H and O–H groups in total. The summed E-state index contributed by atoms with van der Waals surface area (Å²) in [5, 5.41) is 13.3. The topological polar surface area (TPSA) is 92.5 Å². The number of carboxylic acid groups (broad SMARTS) is 1. The summed E-state index contributed by atoms with van der Waals surface area (Å²) in [6, 6.07) is 2.72. The number of hydrogen-bond donors (Lipinski definition) is 1. The Morgan fingerprint density at radius 1 is 1.43 bits per heavy atom. The molecule has 114 valence electrons. The third-order valence-corrected chi connectivity index (χ3v) is 3.80.